The number of aromatic hydroxyl groups is 2. The summed E-state index contributed by atoms with van der Waals surface area (Å²) in [7, 11) is 0. The van der Waals surface area contributed by atoms with Crippen molar-refractivity contribution in [1.82, 2.24) is 0 Å². The van der Waals surface area contributed by atoms with Gasteiger partial charge in [-0.3, -0.25) is 4.79 Å². The summed E-state index contributed by atoms with van der Waals surface area (Å²) in [5, 5.41) is 28.8. The number of anilines is 1. The number of phenols is 2. The molecule has 0 heterocycles. The van der Waals surface area contributed by atoms with E-state index in [0.29, 0.717) is 0 Å². The predicted molar refractivity (Wildman–Crippen MR) is 48.6 cm³/mol. The molecule has 1 aromatic rings. The molecule has 0 radical (unpaired) electrons. The fourth-order valence-electron chi connectivity index (χ4n) is 0.890. The molecule has 0 aliphatic carbocycles. The average molecular weight is 192 g/mol. The van der Waals surface area contributed by atoms with Crippen molar-refractivity contribution >= 4 is 11.6 Å². The van der Waals surface area contributed by atoms with Crippen LogP contribution in [0.1, 0.15) is 6.42 Å². The van der Waals surface area contributed by atoms with Gasteiger partial charge in [-0.15, -0.1) is 0 Å². The molecule has 0 aliphatic rings. The molecule has 0 bridgehead atoms. The van der Waals surface area contributed by atoms with Crippen molar-refractivity contribution in [3.63, 3.8) is 0 Å². The van der Waals surface area contributed by atoms with Crippen LogP contribution in [-0.2, 0) is 4.79 Å². The third kappa shape index (κ3) is 2.38. The second kappa shape index (κ2) is 4.14. The second-order valence-corrected chi connectivity index (χ2v) is 2.58. The van der Waals surface area contributed by atoms with E-state index >= 15 is 0 Å². The first-order chi connectivity index (χ1) is 6.63. The summed E-state index contributed by atoms with van der Waals surface area (Å²) in [5.74, 6) is -0.766. The lowest BCUT2D eigenvalue weighted by molar-refractivity contribution is -0.115. The van der Waals surface area contributed by atoms with Crippen molar-refractivity contribution in [3.05, 3.63) is 18.2 Å². The minimum atomic E-state index is -0.534. The zero-order chi connectivity index (χ0) is 10.6. The van der Waals surface area contributed by atoms with Crippen LogP contribution in [0.5, 0.6) is 11.5 Å². The molecule has 0 unspecified atom stereocenters. The van der Waals surface area contributed by atoms with Crippen LogP contribution >= 0.6 is 0 Å². The lowest BCUT2D eigenvalue weighted by Gasteiger charge is -2.05. The lowest BCUT2D eigenvalue weighted by Crippen LogP contribution is -2.09. The smallest absolute Gasteiger partial charge is 0.238 e. The number of carbonyl (C=O) groups is 1. The molecule has 5 nitrogen and oxygen atoms in total. The third-order valence-corrected chi connectivity index (χ3v) is 1.49. The lowest BCUT2D eigenvalue weighted by atomic mass is 10.2. The zero-order valence-corrected chi connectivity index (χ0v) is 7.19. The third-order valence-electron chi connectivity index (χ3n) is 1.49. The van der Waals surface area contributed by atoms with Crippen molar-refractivity contribution in [2.45, 2.75) is 6.42 Å². The molecule has 1 aromatic carbocycles. The van der Waals surface area contributed by atoms with E-state index in [9.17, 15) is 9.90 Å². The van der Waals surface area contributed by atoms with Gasteiger partial charge in [0.05, 0.1) is 11.8 Å². The normalized spacial score (nSPS) is 9.07. The Labute approximate surface area is 80.2 Å². The molecule has 0 aliphatic heterocycles. The first kappa shape index (κ1) is 9.86. The van der Waals surface area contributed by atoms with Crippen LogP contribution in [0.3, 0.4) is 0 Å². The highest BCUT2D eigenvalue weighted by Crippen LogP contribution is 2.26. The van der Waals surface area contributed by atoms with Crippen LogP contribution in [0.4, 0.5) is 5.69 Å². The van der Waals surface area contributed by atoms with Crippen LogP contribution in [0.15, 0.2) is 18.2 Å². The van der Waals surface area contributed by atoms with E-state index in [4.69, 9.17) is 10.4 Å². The molecule has 5 heteroatoms. The molecule has 1 rings (SSSR count). The van der Waals surface area contributed by atoms with Gasteiger partial charge in [-0.1, -0.05) is 0 Å². The fourth-order valence-corrected chi connectivity index (χ4v) is 0.890. The maximum atomic E-state index is 10.9. The first-order valence-corrected chi connectivity index (χ1v) is 3.82. The molecule has 0 atom stereocenters. The Bertz CT molecular complexity index is 396. The van der Waals surface area contributed by atoms with E-state index < -0.39 is 5.91 Å². The van der Waals surface area contributed by atoms with Gasteiger partial charge in [0.1, 0.15) is 17.9 Å². The van der Waals surface area contributed by atoms with Crippen molar-refractivity contribution in [3.8, 4) is 17.6 Å². The van der Waals surface area contributed by atoms with E-state index in [1.807, 2.05) is 0 Å². The minimum absolute atomic E-state index is 0.0740. The average Bonchev–Trinajstić information content (AvgIpc) is 2.12. The van der Waals surface area contributed by atoms with Crippen LogP contribution in [0.25, 0.3) is 0 Å². The van der Waals surface area contributed by atoms with Crippen molar-refractivity contribution in [1.29, 1.82) is 5.26 Å². The van der Waals surface area contributed by atoms with E-state index in [-0.39, 0.29) is 23.6 Å². The summed E-state index contributed by atoms with van der Waals surface area (Å²) in [6.07, 6.45) is -0.297. The summed E-state index contributed by atoms with van der Waals surface area (Å²) in [4.78, 5) is 10.9. The first-order valence-electron chi connectivity index (χ1n) is 3.82. The Hall–Kier alpha value is -2.22. The standard InChI is InChI=1S/C9H8N2O3/c10-4-3-9(14)11-7-5-6(12)1-2-8(7)13/h1-2,5,12-13H,3H2,(H,11,14). The van der Waals surface area contributed by atoms with Gasteiger partial charge in [-0.25, -0.2) is 0 Å². The summed E-state index contributed by atoms with van der Waals surface area (Å²) in [6, 6.07) is 5.40. The number of rotatable bonds is 2. The number of nitriles is 1. The van der Waals surface area contributed by atoms with E-state index in [0.717, 1.165) is 0 Å². The topological polar surface area (TPSA) is 93.4 Å². The van der Waals surface area contributed by atoms with Gasteiger partial charge >= 0.3 is 0 Å². The molecule has 0 spiro atoms. The van der Waals surface area contributed by atoms with Crippen LogP contribution in [0, 0.1) is 11.3 Å². The monoisotopic (exact) mass is 192 g/mol. The molecule has 14 heavy (non-hydrogen) atoms. The van der Waals surface area contributed by atoms with Gasteiger partial charge in [-0.2, -0.15) is 5.26 Å². The van der Waals surface area contributed by atoms with Crippen molar-refractivity contribution < 1.29 is 15.0 Å². The number of phenolic OH excluding ortho intramolecular Hbond substituents is 2. The zero-order valence-electron chi connectivity index (χ0n) is 7.19. The number of nitrogens with one attached hydrogen (secondary N) is 1. The maximum absolute atomic E-state index is 10.9. The Morgan fingerprint density at radius 1 is 1.50 bits per heavy atom. The molecule has 3 N–H and O–H groups in total. The highest BCUT2D eigenvalue weighted by Gasteiger charge is 2.06. The van der Waals surface area contributed by atoms with Gasteiger partial charge in [0.15, 0.2) is 0 Å². The predicted octanol–water partition coefficient (Wildman–Crippen LogP) is 0.950. The molecular formula is C9H8N2O3. The van der Waals surface area contributed by atoms with E-state index in [1.165, 1.54) is 18.2 Å². The number of benzene rings is 1. The maximum Gasteiger partial charge on any atom is 0.238 e. The number of nitrogens with zero attached hydrogens (tertiary/aromatic N) is 1. The Kier molecular flexibility index (Phi) is 2.92. The molecule has 1 amide bonds. The number of amides is 1. The molecule has 0 saturated carbocycles. The Morgan fingerprint density at radius 3 is 2.86 bits per heavy atom. The fraction of sp³-hybridized carbons (Fsp3) is 0.111. The van der Waals surface area contributed by atoms with Gasteiger partial charge in [0, 0.05) is 6.07 Å². The SMILES string of the molecule is N#CCC(=O)Nc1cc(O)ccc1O. The number of hydrogen-bond acceptors (Lipinski definition) is 4. The molecule has 0 fully saturated rings. The Morgan fingerprint density at radius 2 is 2.21 bits per heavy atom. The number of hydrogen-bond donors (Lipinski definition) is 3. The van der Waals surface area contributed by atoms with Gasteiger partial charge < -0.3 is 15.5 Å². The minimum Gasteiger partial charge on any atom is -0.508 e. The molecule has 0 saturated heterocycles. The van der Waals surface area contributed by atoms with E-state index in [2.05, 4.69) is 5.32 Å². The highest BCUT2D eigenvalue weighted by molar-refractivity contribution is 5.93. The quantitative estimate of drug-likeness (QED) is 0.480. The molecule has 72 valence electrons. The largest absolute Gasteiger partial charge is 0.508 e. The second-order valence-electron chi connectivity index (χ2n) is 2.58. The molecule has 0 aromatic heterocycles. The van der Waals surface area contributed by atoms with Crippen LogP contribution < -0.4 is 5.32 Å². The Balaban J connectivity index is 2.81. The summed E-state index contributed by atoms with van der Waals surface area (Å²) >= 11 is 0. The van der Waals surface area contributed by atoms with E-state index in [1.54, 1.807) is 6.07 Å². The highest BCUT2D eigenvalue weighted by atomic mass is 16.3. The van der Waals surface area contributed by atoms with Crippen LogP contribution in [0.2, 0.25) is 0 Å². The summed E-state index contributed by atoms with van der Waals surface area (Å²) < 4.78 is 0. The van der Waals surface area contributed by atoms with Gasteiger partial charge in [0.2, 0.25) is 5.91 Å². The van der Waals surface area contributed by atoms with Gasteiger partial charge in [0.25, 0.3) is 0 Å². The summed E-state index contributed by atoms with van der Waals surface area (Å²) in [5.41, 5.74) is 0.0882. The van der Waals surface area contributed by atoms with Crippen LogP contribution in [-0.4, -0.2) is 16.1 Å². The van der Waals surface area contributed by atoms with Crippen molar-refractivity contribution in [2.75, 3.05) is 5.32 Å². The molecular weight excluding hydrogens is 184 g/mol. The van der Waals surface area contributed by atoms with Gasteiger partial charge in [-0.05, 0) is 12.1 Å². The summed E-state index contributed by atoms with van der Waals surface area (Å²) in [6.45, 7) is 0. The van der Waals surface area contributed by atoms with Crippen molar-refractivity contribution in [2.24, 2.45) is 0 Å². The number of carbonyl (C=O) groups excluding carboxylic acids is 1.